The topological polar surface area (TPSA) is 63.7 Å². The van der Waals surface area contributed by atoms with Crippen LogP contribution in [0, 0.1) is 0 Å². The highest BCUT2D eigenvalue weighted by Crippen LogP contribution is 2.01. The molecule has 0 bridgehead atoms. The molecule has 0 unspecified atom stereocenters. The standard InChI is InChI=1S/C13H15NO4/c1-10(15)14(11(2)16)8-13(17)18-9-12-6-4-3-5-7-12/h3-7H,8-9H2,1-2H3. The summed E-state index contributed by atoms with van der Waals surface area (Å²) in [7, 11) is 0. The molecule has 0 fully saturated rings. The molecule has 96 valence electrons. The molecule has 0 aromatic heterocycles. The van der Waals surface area contributed by atoms with Gasteiger partial charge in [-0.1, -0.05) is 30.3 Å². The summed E-state index contributed by atoms with van der Waals surface area (Å²) in [5.41, 5.74) is 0.850. The van der Waals surface area contributed by atoms with Gasteiger partial charge in [-0.25, -0.2) is 0 Å². The molecule has 1 aromatic rings. The lowest BCUT2D eigenvalue weighted by Crippen LogP contribution is -2.38. The Morgan fingerprint density at radius 2 is 1.61 bits per heavy atom. The molecule has 0 saturated heterocycles. The SMILES string of the molecule is CC(=O)N(CC(=O)OCc1ccccc1)C(C)=O. The van der Waals surface area contributed by atoms with Gasteiger partial charge in [-0.3, -0.25) is 19.3 Å². The van der Waals surface area contributed by atoms with Crippen LogP contribution >= 0.6 is 0 Å². The zero-order valence-electron chi connectivity index (χ0n) is 10.4. The average Bonchev–Trinajstić information content (AvgIpc) is 2.34. The molecule has 0 N–H and O–H groups in total. The Morgan fingerprint density at radius 3 is 2.11 bits per heavy atom. The quantitative estimate of drug-likeness (QED) is 0.750. The lowest BCUT2D eigenvalue weighted by molar-refractivity contribution is -0.154. The first-order chi connectivity index (χ1) is 8.50. The van der Waals surface area contributed by atoms with Crippen molar-refractivity contribution in [2.24, 2.45) is 0 Å². The third-order valence-electron chi connectivity index (χ3n) is 2.29. The average molecular weight is 249 g/mol. The maximum atomic E-state index is 11.5. The van der Waals surface area contributed by atoms with Crippen molar-refractivity contribution in [2.75, 3.05) is 6.54 Å². The van der Waals surface area contributed by atoms with Crippen LogP contribution in [0.25, 0.3) is 0 Å². The molecule has 1 aromatic carbocycles. The van der Waals surface area contributed by atoms with Crippen LogP contribution in [0.1, 0.15) is 19.4 Å². The number of ether oxygens (including phenoxy) is 1. The smallest absolute Gasteiger partial charge is 0.326 e. The summed E-state index contributed by atoms with van der Waals surface area (Å²) in [4.78, 5) is 34.5. The van der Waals surface area contributed by atoms with E-state index in [9.17, 15) is 14.4 Å². The number of hydrogen-bond acceptors (Lipinski definition) is 4. The van der Waals surface area contributed by atoms with Crippen LogP contribution in [0.4, 0.5) is 0 Å². The normalized spacial score (nSPS) is 9.67. The van der Waals surface area contributed by atoms with Gasteiger partial charge >= 0.3 is 5.97 Å². The Kier molecular flexibility index (Phi) is 5.05. The third-order valence-corrected chi connectivity index (χ3v) is 2.29. The van der Waals surface area contributed by atoms with Crippen LogP contribution in [0.15, 0.2) is 30.3 Å². The zero-order chi connectivity index (χ0) is 13.5. The minimum absolute atomic E-state index is 0.128. The van der Waals surface area contributed by atoms with Crippen molar-refractivity contribution in [3.63, 3.8) is 0 Å². The second kappa shape index (κ2) is 6.54. The number of esters is 1. The number of carbonyl (C=O) groups is 3. The molecule has 0 aliphatic heterocycles. The van der Waals surface area contributed by atoms with Gasteiger partial charge in [0, 0.05) is 13.8 Å². The molecular formula is C13H15NO4. The molecule has 0 aliphatic rings. The number of nitrogens with zero attached hydrogens (tertiary/aromatic N) is 1. The van der Waals surface area contributed by atoms with E-state index in [4.69, 9.17) is 4.74 Å². The van der Waals surface area contributed by atoms with E-state index in [0.29, 0.717) is 0 Å². The largest absolute Gasteiger partial charge is 0.459 e. The lowest BCUT2D eigenvalue weighted by atomic mass is 10.2. The van der Waals surface area contributed by atoms with Gasteiger partial charge < -0.3 is 4.74 Å². The minimum Gasteiger partial charge on any atom is -0.459 e. The second-order valence-corrected chi connectivity index (χ2v) is 3.77. The molecule has 1 rings (SSSR count). The van der Waals surface area contributed by atoms with Crippen LogP contribution in [0.2, 0.25) is 0 Å². The van der Waals surface area contributed by atoms with E-state index in [-0.39, 0.29) is 13.2 Å². The van der Waals surface area contributed by atoms with E-state index in [0.717, 1.165) is 10.5 Å². The fraction of sp³-hybridized carbons (Fsp3) is 0.308. The molecule has 18 heavy (non-hydrogen) atoms. The molecule has 0 atom stereocenters. The number of rotatable bonds is 4. The molecule has 5 nitrogen and oxygen atoms in total. The summed E-state index contributed by atoms with van der Waals surface area (Å²) in [6, 6.07) is 9.17. The molecular weight excluding hydrogens is 234 g/mol. The maximum Gasteiger partial charge on any atom is 0.326 e. The summed E-state index contributed by atoms with van der Waals surface area (Å²) >= 11 is 0. The van der Waals surface area contributed by atoms with Crippen LogP contribution in [0.5, 0.6) is 0 Å². The van der Waals surface area contributed by atoms with Crippen LogP contribution < -0.4 is 0 Å². The molecule has 2 amide bonds. The van der Waals surface area contributed by atoms with Crippen molar-refractivity contribution in [1.29, 1.82) is 0 Å². The minimum atomic E-state index is -0.607. The van der Waals surface area contributed by atoms with Crippen LogP contribution in [-0.4, -0.2) is 29.2 Å². The molecule has 0 saturated carbocycles. The number of amides is 2. The van der Waals surface area contributed by atoms with E-state index >= 15 is 0 Å². The van der Waals surface area contributed by atoms with Crippen molar-refractivity contribution in [3.05, 3.63) is 35.9 Å². The van der Waals surface area contributed by atoms with Gasteiger partial charge in [-0.05, 0) is 5.56 Å². The van der Waals surface area contributed by atoms with Gasteiger partial charge in [0.1, 0.15) is 13.2 Å². The van der Waals surface area contributed by atoms with Crippen molar-refractivity contribution in [1.82, 2.24) is 4.90 Å². The number of hydrogen-bond donors (Lipinski definition) is 0. The van der Waals surface area contributed by atoms with E-state index < -0.39 is 17.8 Å². The van der Waals surface area contributed by atoms with Gasteiger partial charge in [0.15, 0.2) is 0 Å². The molecule has 0 spiro atoms. The molecule has 0 heterocycles. The van der Waals surface area contributed by atoms with Crippen molar-refractivity contribution >= 4 is 17.8 Å². The Hall–Kier alpha value is -2.17. The van der Waals surface area contributed by atoms with Crippen LogP contribution in [0.3, 0.4) is 0 Å². The fourth-order valence-electron chi connectivity index (χ4n) is 1.36. The van der Waals surface area contributed by atoms with Crippen molar-refractivity contribution in [3.8, 4) is 0 Å². The summed E-state index contributed by atoms with van der Waals surface area (Å²) < 4.78 is 4.97. The molecule has 0 aliphatic carbocycles. The highest BCUT2D eigenvalue weighted by molar-refractivity contribution is 5.96. The lowest BCUT2D eigenvalue weighted by Gasteiger charge is -2.15. The Labute approximate surface area is 105 Å². The van der Waals surface area contributed by atoms with E-state index in [2.05, 4.69) is 0 Å². The van der Waals surface area contributed by atoms with Gasteiger partial charge in [0.2, 0.25) is 11.8 Å². The predicted molar refractivity (Wildman–Crippen MR) is 64.3 cm³/mol. The number of carbonyl (C=O) groups excluding carboxylic acids is 3. The first-order valence-corrected chi connectivity index (χ1v) is 5.49. The second-order valence-electron chi connectivity index (χ2n) is 3.77. The summed E-state index contributed by atoms with van der Waals surface area (Å²) in [6.45, 7) is 2.23. The Balaban J connectivity index is 2.46. The van der Waals surface area contributed by atoms with E-state index in [1.54, 1.807) is 0 Å². The summed E-state index contributed by atoms with van der Waals surface area (Å²) in [5, 5.41) is 0. The van der Waals surface area contributed by atoms with Gasteiger partial charge in [-0.15, -0.1) is 0 Å². The first kappa shape index (κ1) is 13.9. The first-order valence-electron chi connectivity index (χ1n) is 5.49. The summed E-state index contributed by atoms with van der Waals surface area (Å²) in [5.74, 6) is -1.55. The summed E-state index contributed by atoms with van der Waals surface area (Å²) in [6.07, 6.45) is 0. The van der Waals surface area contributed by atoms with Crippen molar-refractivity contribution in [2.45, 2.75) is 20.5 Å². The van der Waals surface area contributed by atoms with Gasteiger partial charge in [0.25, 0.3) is 0 Å². The molecule has 0 radical (unpaired) electrons. The number of imide groups is 1. The van der Waals surface area contributed by atoms with E-state index in [1.165, 1.54) is 13.8 Å². The van der Waals surface area contributed by atoms with E-state index in [1.807, 2.05) is 30.3 Å². The highest BCUT2D eigenvalue weighted by Gasteiger charge is 2.18. The Bertz CT molecular complexity index is 428. The van der Waals surface area contributed by atoms with Gasteiger partial charge in [0.05, 0.1) is 0 Å². The molecule has 5 heteroatoms. The number of benzene rings is 1. The van der Waals surface area contributed by atoms with Crippen LogP contribution in [-0.2, 0) is 25.7 Å². The highest BCUT2D eigenvalue weighted by atomic mass is 16.5. The van der Waals surface area contributed by atoms with Crippen molar-refractivity contribution < 1.29 is 19.1 Å². The Morgan fingerprint density at radius 1 is 1.06 bits per heavy atom. The fourth-order valence-corrected chi connectivity index (χ4v) is 1.36. The predicted octanol–water partition coefficient (Wildman–Crippen LogP) is 1.12. The maximum absolute atomic E-state index is 11.5. The zero-order valence-corrected chi connectivity index (χ0v) is 10.4. The van der Waals surface area contributed by atoms with Gasteiger partial charge in [-0.2, -0.15) is 0 Å². The monoisotopic (exact) mass is 249 g/mol. The third kappa shape index (κ3) is 4.37.